The third-order valence-corrected chi connectivity index (χ3v) is 1.25. The molecule has 10 heavy (non-hydrogen) atoms. The Morgan fingerprint density at radius 3 is 3.30 bits per heavy atom. The molecule has 1 heterocycles. The van der Waals surface area contributed by atoms with E-state index in [1.807, 2.05) is 0 Å². The van der Waals surface area contributed by atoms with Crippen molar-refractivity contribution in [2.75, 3.05) is 0 Å². The Balaban J connectivity index is 2.86. The molecule has 0 bridgehead atoms. The molecule has 2 rings (SSSR count). The Labute approximate surface area is 56.2 Å². The Bertz CT molecular complexity index is 355. The molecule has 0 saturated carbocycles. The Morgan fingerprint density at radius 1 is 1.50 bits per heavy atom. The van der Waals surface area contributed by atoms with Crippen molar-refractivity contribution in [2.24, 2.45) is 0 Å². The molecule has 0 saturated heterocycles. The van der Waals surface area contributed by atoms with Crippen LogP contribution in [0.1, 0.15) is 0 Å². The van der Waals surface area contributed by atoms with Gasteiger partial charge in [0.15, 0.2) is 5.58 Å². The molecule has 2 nitrogen and oxygen atoms in total. The molecule has 0 aliphatic heterocycles. The summed E-state index contributed by atoms with van der Waals surface area (Å²) in [4.78, 5) is 0. The maximum atomic E-state index is 12.4. The van der Waals surface area contributed by atoms with Crippen molar-refractivity contribution < 1.29 is 8.91 Å². The van der Waals surface area contributed by atoms with Gasteiger partial charge in [0.25, 0.3) is 0 Å². The number of benzene rings is 1. The second kappa shape index (κ2) is 1.80. The molecule has 1 aromatic heterocycles. The lowest BCUT2D eigenvalue weighted by Crippen LogP contribution is -1.69. The van der Waals surface area contributed by atoms with E-state index in [1.54, 1.807) is 0 Å². The topological polar surface area (TPSA) is 26.0 Å². The molecule has 0 aliphatic carbocycles. The molecule has 49 valence electrons. The quantitative estimate of drug-likeness (QED) is 0.551. The fourth-order valence-corrected chi connectivity index (χ4v) is 0.790. The molecule has 0 aliphatic rings. The van der Waals surface area contributed by atoms with E-state index in [0.29, 0.717) is 11.0 Å². The van der Waals surface area contributed by atoms with Gasteiger partial charge in [0, 0.05) is 0 Å². The first-order chi connectivity index (χ1) is 4.86. The van der Waals surface area contributed by atoms with Crippen LogP contribution < -0.4 is 0 Å². The Kier molecular flexibility index (Phi) is 0.974. The number of halogens is 1. The maximum absolute atomic E-state index is 12.4. The van der Waals surface area contributed by atoms with Gasteiger partial charge in [-0.2, -0.15) is 0 Å². The second-order valence-electron chi connectivity index (χ2n) is 1.93. The molecule has 0 amide bonds. The van der Waals surface area contributed by atoms with Crippen molar-refractivity contribution in [2.45, 2.75) is 0 Å². The lowest BCUT2D eigenvalue weighted by Gasteiger charge is -1.83. The number of aromatic nitrogens is 1. The van der Waals surface area contributed by atoms with Gasteiger partial charge >= 0.3 is 0 Å². The van der Waals surface area contributed by atoms with Crippen molar-refractivity contribution in [3.8, 4) is 0 Å². The average molecular weight is 136 g/mol. The molecule has 1 aromatic carbocycles. The van der Waals surface area contributed by atoms with E-state index in [1.165, 1.54) is 18.2 Å². The molecule has 0 atom stereocenters. The zero-order valence-corrected chi connectivity index (χ0v) is 4.97. The molecule has 0 spiro atoms. The van der Waals surface area contributed by atoms with Crippen LogP contribution in [-0.4, -0.2) is 5.16 Å². The van der Waals surface area contributed by atoms with Crippen molar-refractivity contribution in [1.29, 1.82) is 0 Å². The van der Waals surface area contributed by atoms with Crippen molar-refractivity contribution in [1.82, 2.24) is 5.16 Å². The van der Waals surface area contributed by atoms with Gasteiger partial charge in [-0.25, -0.2) is 4.39 Å². The number of hydrogen-bond donors (Lipinski definition) is 0. The fourth-order valence-electron chi connectivity index (χ4n) is 0.790. The van der Waals surface area contributed by atoms with E-state index < -0.39 is 0 Å². The SMILES string of the molecule is Fc1ccc2on[c]c2c1. The van der Waals surface area contributed by atoms with Gasteiger partial charge in [-0.05, 0) is 18.2 Å². The smallest absolute Gasteiger partial charge is 0.167 e. The lowest BCUT2D eigenvalue weighted by molar-refractivity contribution is 0.454. The first-order valence-corrected chi connectivity index (χ1v) is 2.79. The van der Waals surface area contributed by atoms with E-state index >= 15 is 0 Å². The average Bonchev–Trinajstić information content (AvgIpc) is 2.33. The Hall–Kier alpha value is -1.38. The second-order valence-corrected chi connectivity index (χ2v) is 1.93. The van der Waals surface area contributed by atoms with Crippen LogP contribution in [0.3, 0.4) is 0 Å². The molecule has 0 fully saturated rings. The first kappa shape index (κ1) is 5.41. The van der Waals surface area contributed by atoms with Crippen LogP contribution >= 0.6 is 0 Å². The van der Waals surface area contributed by atoms with Crippen LogP contribution in [0.25, 0.3) is 11.0 Å². The van der Waals surface area contributed by atoms with Crippen molar-refractivity contribution in [3.63, 3.8) is 0 Å². The van der Waals surface area contributed by atoms with E-state index in [4.69, 9.17) is 4.52 Å². The van der Waals surface area contributed by atoms with Gasteiger partial charge in [0.05, 0.1) is 5.39 Å². The van der Waals surface area contributed by atoms with E-state index in [2.05, 4.69) is 11.4 Å². The number of hydrogen-bond acceptors (Lipinski definition) is 2. The highest BCUT2D eigenvalue weighted by Crippen LogP contribution is 2.12. The van der Waals surface area contributed by atoms with Gasteiger partial charge in [0.2, 0.25) is 0 Å². The number of fused-ring (bicyclic) bond motifs is 1. The number of nitrogens with zero attached hydrogens (tertiary/aromatic N) is 1. The fraction of sp³-hybridized carbons (Fsp3) is 0. The lowest BCUT2D eigenvalue weighted by atomic mass is 10.3. The minimum absolute atomic E-state index is 0.299. The third-order valence-electron chi connectivity index (χ3n) is 1.25. The standard InChI is InChI=1S/C7H3FNO/c8-6-1-2-7-5(3-6)4-9-10-7/h1-3H. The number of rotatable bonds is 0. The van der Waals surface area contributed by atoms with Crippen LogP contribution in [-0.2, 0) is 0 Å². The first-order valence-electron chi connectivity index (χ1n) is 2.79. The molecule has 3 heteroatoms. The summed E-state index contributed by atoms with van der Waals surface area (Å²) in [5, 5.41) is 3.95. The summed E-state index contributed by atoms with van der Waals surface area (Å²) in [7, 11) is 0. The van der Waals surface area contributed by atoms with Crippen LogP contribution in [0, 0.1) is 12.0 Å². The molecular formula is C7H3FNO. The van der Waals surface area contributed by atoms with E-state index in [9.17, 15) is 4.39 Å². The summed E-state index contributed by atoms with van der Waals surface area (Å²) in [6.45, 7) is 0. The highest BCUT2D eigenvalue weighted by Gasteiger charge is 1.98. The van der Waals surface area contributed by atoms with E-state index in [-0.39, 0.29) is 5.82 Å². The Morgan fingerprint density at radius 2 is 2.40 bits per heavy atom. The van der Waals surface area contributed by atoms with Gasteiger partial charge in [-0.1, -0.05) is 5.16 Å². The molecule has 1 radical (unpaired) electrons. The highest BCUT2D eigenvalue weighted by molar-refractivity contribution is 5.74. The van der Waals surface area contributed by atoms with Crippen molar-refractivity contribution >= 4 is 11.0 Å². The molecule has 2 aromatic rings. The normalized spacial score (nSPS) is 10.5. The van der Waals surface area contributed by atoms with Gasteiger partial charge in [0.1, 0.15) is 12.0 Å². The minimum Gasteiger partial charge on any atom is -0.356 e. The summed E-state index contributed by atoms with van der Waals surface area (Å²) in [6, 6.07) is 4.17. The summed E-state index contributed by atoms with van der Waals surface area (Å²) < 4.78 is 17.1. The van der Waals surface area contributed by atoms with Crippen LogP contribution in [0.2, 0.25) is 0 Å². The maximum Gasteiger partial charge on any atom is 0.167 e. The summed E-state index contributed by atoms with van der Waals surface area (Å²) in [5.41, 5.74) is 0.557. The predicted molar refractivity (Wildman–Crippen MR) is 32.8 cm³/mol. The van der Waals surface area contributed by atoms with Crippen molar-refractivity contribution in [3.05, 3.63) is 30.2 Å². The molecule has 0 N–H and O–H groups in total. The van der Waals surface area contributed by atoms with E-state index in [0.717, 1.165) is 0 Å². The van der Waals surface area contributed by atoms with Gasteiger partial charge in [-0.3, -0.25) is 0 Å². The minimum atomic E-state index is -0.299. The monoisotopic (exact) mass is 136 g/mol. The van der Waals surface area contributed by atoms with Gasteiger partial charge in [-0.15, -0.1) is 0 Å². The predicted octanol–water partition coefficient (Wildman–Crippen LogP) is 1.77. The largest absolute Gasteiger partial charge is 0.356 e. The summed E-state index contributed by atoms with van der Waals surface area (Å²) in [6.07, 6.45) is 2.50. The zero-order valence-electron chi connectivity index (χ0n) is 4.97. The third kappa shape index (κ3) is 0.673. The van der Waals surface area contributed by atoms with Crippen LogP contribution in [0.4, 0.5) is 4.39 Å². The summed E-state index contributed by atoms with van der Waals surface area (Å²) >= 11 is 0. The summed E-state index contributed by atoms with van der Waals surface area (Å²) in [5.74, 6) is -0.299. The zero-order chi connectivity index (χ0) is 6.97. The van der Waals surface area contributed by atoms with Crippen LogP contribution in [0.5, 0.6) is 0 Å². The molecular weight excluding hydrogens is 133 g/mol. The molecule has 0 unspecified atom stereocenters. The van der Waals surface area contributed by atoms with Crippen LogP contribution in [0.15, 0.2) is 22.7 Å². The van der Waals surface area contributed by atoms with Gasteiger partial charge < -0.3 is 4.52 Å². The highest BCUT2D eigenvalue weighted by atomic mass is 19.1.